The van der Waals surface area contributed by atoms with Crippen molar-refractivity contribution in [2.75, 3.05) is 5.32 Å². The second-order valence-electron chi connectivity index (χ2n) is 4.81. The molecule has 0 fully saturated rings. The van der Waals surface area contributed by atoms with Crippen molar-refractivity contribution in [3.05, 3.63) is 66.4 Å². The summed E-state index contributed by atoms with van der Waals surface area (Å²) in [6.45, 7) is 0. The van der Waals surface area contributed by atoms with Crippen molar-refractivity contribution in [3.63, 3.8) is 0 Å². The predicted octanol–water partition coefficient (Wildman–Crippen LogP) is 3.12. The smallest absolute Gasteiger partial charge is 0.228 e. The number of phenols is 1. The summed E-state index contributed by atoms with van der Waals surface area (Å²) in [6, 6.07) is 16.3. The fraction of sp³-hybridized carbons (Fsp3) is 0.0588. The van der Waals surface area contributed by atoms with Crippen LogP contribution >= 0.6 is 0 Å². The van der Waals surface area contributed by atoms with Gasteiger partial charge < -0.3 is 10.4 Å². The standard InChI is InChI=1S/C17H14N2O2/c20-15-6-3-4-12(8-15)9-17(21)19-14-10-13-5-1-2-7-16(13)18-11-14/h1-8,10-11,20H,9H2,(H,19,21). The number of amides is 1. The van der Waals surface area contributed by atoms with Crippen molar-refractivity contribution >= 4 is 22.5 Å². The van der Waals surface area contributed by atoms with E-state index in [9.17, 15) is 9.90 Å². The van der Waals surface area contributed by atoms with Crippen molar-refractivity contribution in [3.8, 4) is 5.75 Å². The Hall–Kier alpha value is -2.88. The van der Waals surface area contributed by atoms with E-state index in [0.717, 1.165) is 16.5 Å². The number of aromatic nitrogens is 1. The second kappa shape index (κ2) is 5.63. The third-order valence-electron chi connectivity index (χ3n) is 3.15. The minimum Gasteiger partial charge on any atom is -0.508 e. The third-order valence-corrected chi connectivity index (χ3v) is 3.15. The zero-order chi connectivity index (χ0) is 14.7. The molecule has 0 aliphatic rings. The van der Waals surface area contributed by atoms with E-state index < -0.39 is 0 Å². The minimum absolute atomic E-state index is 0.141. The molecular formula is C17H14N2O2. The van der Waals surface area contributed by atoms with E-state index in [1.165, 1.54) is 0 Å². The fourth-order valence-electron chi connectivity index (χ4n) is 2.20. The predicted molar refractivity (Wildman–Crippen MR) is 82.2 cm³/mol. The largest absolute Gasteiger partial charge is 0.508 e. The molecule has 4 nitrogen and oxygen atoms in total. The third kappa shape index (κ3) is 3.17. The Kier molecular flexibility index (Phi) is 3.51. The topological polar surface area (TPSA) is 62.2 Å². The van der Waals surface area contributed by atoms with Crippen molar-refractivity contribution in [2.24, 2.45) is 0 Å². The van der Waals surface area contributed by atoms with E-state index >= 15 is 0 Å². The Labute approximate surface area is 122 Å². The average molecular weight is 278 g/mol. The van der Waals surface area contributed by atoms with Crippen molar-refractivity contribution in [1.82, 2.24) is 4.98 Å². The lowest BCUT2D eigenvalue weighted by molar-refractivity contribution is -0.115. The van der Waals surface area contributed by atoms with Crippen LogP contribution in [0.3, 0.4) is 0 Å². The molecule has 1 aromatic heterocycles. The first-order valence-electron chi connectivity index (χ1n) is 6.63. The Morgan fingerprint density at radius 2 is 1.95 bits per heavy atom. The molecule has 0 aliphatic carbocycles. The number of aromatic hydroxyl groups is 1. The zero-order valence-electron chi connectivity index (χ0n) is 11.3. The Balaban J connectivity index is 1.74. The molecular weight excluding hydrogens is 264 g/mol. The summed E-state index contributed by atoms with van der Waals surface area (Å²) in [7, 11) is 0. The molecule has 0 saturated carbocycles. The van der Waals surface area contributed by atoms with E-state index in [4.69, 9.17) is 0 Å². The lowest BCUT2D eigenvalue weighted by atomic mass is 10.1. The molecule has 0 spiro atoms. The van der Waals surface area contributed by atoms with E-state index in [0.29, 0.717) is 5.69 Å². The SMILES string of the molecule is O=C(Cc1cccc(O)c1)Nc1cnc2ccccc2c1. The van der Waals surface area contributed by atoms with Crippen LogP contribution in [0.25, 0.3) is 10.9 Å². The number of hydrogen-bond donors (Lipinski definition) is 2. The van der Waals surface area contributed by atoms with Gasteiger partial charge in [-0.1, -0.05) is 30.3 Å². The van der Waals surface area contributed by atoms with Crippen LogP contribution < -0.4 is 5.32 Å². The van der Waals surface area contributed by atoms with Gasteiger partial charge in [0.1, 0.15) is 5.75 Å². The van der Waals surface area contributed by atoms with Gasteiger partial charge in [-0.15, -0.1) is 0 Å². The molecule has 21 heavy (non-hydrogen) atoms. The number of para-hydroxylation sites is 1. The maximum absolute atomic E-state index is 12.0. The lowest BCUT2D eigenvalue weighted by Gasteiger charge is -2.06. The van der Waals surface area contributed by atoms with Crippen LogP contribution in [0.4, 0.5) is 5.69 Å². The van der Waals surface area contributed by atoms with Crippen LogP contribution in [-0.2, 0) is 11.2 Å². The zero-order valence-corrected chi connectivity index (χ0v) is 11.3. The summed E-state index contributed by atoms with van der Waals surface area (Å²) in [6.07, 6.45) is 1.85. The normalized spacial score (nSPS) is 10.5. The number of nitrogens with one attached hydrogen (secondary N) is 1. The average Bonchev–Trinajstić information content (AvgIpc) is 2.47. The van der Waals surface area contributed by atoms with Crippen molar-refractivity contribution in [2.45, 2.75) is 6.42 Å². The Morgan fingerprint density at radius 1 is 1.10 bits per heavy atom. The van der Waals surface area contributed by atoms with E-state index in [1.54, 1.807) is 30.5 Å². The number of fused-ring (bicyclic) bond motifs is 1. The highest BCUT2D eigenvalue weighted by Gasteiger charge is 2.05. The maximum Gasteiger partial charge on any atom is 0.228 e. The molecule has 2 aromatic carbocycles. The number of pyridine rings is 1. The molecule has 104 valence electrons. The van der Waals surface area contributed by atoms with E-state index in [-0.39, 0.29) is 18.1 Å². The van der Waals surface area contributed by atoms with Gasteiger partial charge in [-0.25, -0.2) is 0 Å². The number of hydrogen-bond acceptors (Lipinski definition) is 3. The van der Waals surface area contributed by atoms with Gasteiger partial charge in [-0.05, 0) is 29.8 Å². The van der Waals surface area contributed by atoms with Crippen LogP contribution in [-0.4, -0.2) is 16.0 Å². The van der Waals surface area contributed by atoms with E-state index in [2.05, 4.69) is 10.3 Å². The molecule has 4 heteroatoms. The molecule has 2 N–H and O–H groups in total. The summed E-state index contributed by atoms with van der Waals surface area (Å²) >= 11 is 0. The lowest BCUT2D eigenvalue weighted by Crippen LogP contribution is -2.14. The van der Waals surface area contributed by atoms with Gasteiger partial charge in [0.15, 0.2) is 0 Å². The summed E-state index contributed by atoms with van der Waals surface area (Å²) in [5.74, 6) is 0.0188. The molecule has 0 atom stereocenters. The molecule has 0 aliphatic heterocycles. The van der Waals surface area contributed by atoms with Crippen LogP contribution in [0.1, 0.15) is 5.56 Å². The maximum atomic E-state index is 12.0. The highest BCUT2D eigenvalue weighted by Crippen LogP contribution is 2.17. The van der Waals surface area contributed by atoms with Gasteiger partial charge in [0.2, 0.25) is 5.91 Å². The number of nitrogens with zero attached hydrogens (tertiary/aromatic N) is 1. The number of phenolic OH excluding ortho intramolecular Hbond substituents is 1. The van der Waals surface area contributed by atoms with Gasteiger partial charge in [-0.2, -0.15) is 0 Å². The first kappa shape index (κ1) is 13.1. The highest BCUT2D eigenvalue weighted by atomic mass is 16.3. The monoisotopic (exact) mass is 278 g/mol. The number of carbonyl (C=O) groups excluding carboxylic acids is 1. The molecule has 1 amide bonds. The summed E-state index contributed by atoms with van der Waals surface area (Å²) in [5.41, 5.74) is 2.32. The molecule has 0 radical (unpaired) electrons. The quantitative estimate of drug-likeness (QED) is 0.773. The molecule has 0 bridgehead atoms. The fourth-order valence-corrected chi connectivity index (χ4v) is 2.20. The molecule has 0 saturated heterocycles. The summed E-state index contributed by atoms with van der Waals surface area (Å²) in [5, 5.41) is 13.2. The van der Waals surface area contributed by atoms with Gasteiger partial charge >= 0.3 is 0 Å². The number of benzene rings is 2. The van der Waals surface area contributed by atoms with Crippen molar-refractivity contribution in [1.29, 1.82) is 0 Å². The minimum atomic E-state index is -0.141. The summed E-state index contributed by atoms with van der Waals surface area (Å²) < 4.78 is 0. The van der Waals surface area contributed by atoms with Crippen LogP contribution in [0.2, 0.25) is 0 Å². The second-order valence-corrected chi connectivity index (χ2v) is 4.81. The van der Waals surface area contributed by atoms with Crippen molar-refractivity contribution < 1.29 is 9.90 Å². The molecule has 3 aromatic rings. The summed E-state index contributed by atoms with van der Waals surface area (Å²) in [4.78, 5) is 16.3. The van der Waals surface area contributed by atoms with Gasteiger partial charge in [0.05, 0.1) is 23.8 Å². The van der Waals surface area contributed by atoms with Gasteiger partial charge in [0, 0.05) is 5.39 Å². The first-order valence-corrected chi connectivity index (χ1v) is 6.63. The molecule has 1 heterocycles. The number of anilines is 1. The molecule has 3 rings (SSSR count). The van der Waals surface area contributed by atoms with Crippen LogP contribution in [0.15, 0.2) is 60.8 Å². The van der Waals surface area contributed by atoms with Gasteiger partial charge in [0.25, 0.3) is 0 Å². The first-order chi connectivity index (χ1) is 10.2. The van der Waals surface area contributed by atoms with Gasteiger partial charge in [-0.3, -0.25) is 9.78 Å². The Bertz CT molecular complexity index is 799. The number of rotatable bonds is 3. The van der Waals surface area contributed by atoms with E-state index in [1.807, 2.05) is 30.3 Å². The Morgan fingerprint density at radius 3 is 2.81 bits per heavy atom. The highest BCUT2D eigenvalue weighted by molar-refractivity contribution is 5.94. The van der Waals surface area contributed by atoms with Crippen LogP contribution in [0.5, 0.6) is 5.75 Å². The number of carbonyl (C=O) groups is 1. The molecule has 0 unspecified atom stereocenters. The van der Waals surface area contributed by atoms with Crippen LogP contribution in [0, 0.1) is 0 Å².